The fraction of sp³-hybridized carbons (Fsp3) is 0.154. The second kappa shape index (κ2) is 5.56. The molecular weight excluding hydrogens is 363 g/mol. The SMILES string of the molecule is FC(F)(F)c1nnc2ccc(NCc3ccc(Br)cc3)nn12. The number of hydrogen-bond acceptors (Lipinski definition) is 4. The molecule has 3 aromatic rings. The first-order valence-corrected chi connectivity index (χ1v) is 7.01. The van der Waals surface area contributed by atoms with Crippen molar-refractivity contribution < 1.29 is 13.2 Å². The molecule has 0 unspecified atom stereocenters. The van der Waals surface area contributed by atoms with E-state index in [1.807, 2.05) is 24.3 Å². The Bertz CT molecular complexity index is 798. The van der Waals surface area contributed by atoms with E-state index in [0.29, 0.717) is 16.9 Å². The summed E-state index contributed by atoms with van der Waals surface area (Å²) >= 11 is 3.33. The van der Waals surface area contributed by atoms with Gasteiger partial charge in [-0.25, -0.2) is 0 Å². The standard InChI is InChI=1S/C13H9BrF3N5/c14-9-3-1-8(2-4-9)7-18-10-5-6-11-19-20-12(13(15,16)17)22(11)21-10/h1-6H,7H2,(H,18,21). The van der Waals surface area contributed by atoms with Crippen molar-refractivity contribution in [2.75, 3.05) is 5.32 Å². The molecule has 2 aromatic heterocycles. The van der Waals surface area contributed by atoms with Gasteiger partial charge in [0.2, 0.25) is 0 Å². The van der Waals surface area contributed by atoms with E-state index in [1.165, 1.54) is 6.07 Å². The van der Waals surface area contributed by atoms with Crippen molar-refractivity contribution in [3.63, 3.8) is 0 Å². The molecule has 0 bridgehead atoms. The number of anilines is 1. The molecule has 5 nitrogen and oxygen atoms in total. The molecule has 0 aliphatic carbocycles. The molecule has 0 aliphatic heterocycles. The normalized spacial score (nSPS) is 11.8. The summed E-state index contributed by atoms with van der Waals surface area (Å²) < 4.78 is 40.0. The molecule has 2 heterocycles. The van der Waals surface area contributed by atoms with Gasteiger partial charge in [0.15, 0.2) is 5.65 Å². The van der Waals surface area contributed by atoms with Crippen LogP contribution in [-0.4, -0.2) is 19.8 Å². The Kier molecular flexibility index (Phi) is 3.73. The van der Waals surface area contributed by atoms with Crippen LogP contribution < -0.4 is 5.32 Å². The minimum absolute atomic E-state index is 0.0431. The molecule has 114 valence electrons. The van der Waals surface area contributed by atoms with Gasteiger partial charge in [-0.15, -0.1) is 15.3 Å². The van der Waals surface area contributed by atoms with E-state index in [0.717, 1.165) is 10.0 Å². The predicted molar refractivity (Wildman–Crippen MR) is 77.3 cm³/mol. The van der Waals surface area contributed by atoms with Gasteiger partial charge in [0.05, 0.1) is 0 Å². The van der Waals surface area contributed by atoms with Crippen LogP contribution in [0.3, 0.4) is 0 Å². The highest BCUT2D eigenvalue weighted by molar-refractivity contribution is 9.10. The number of rotatable bonds is 3. The van der Waals surface area contributed by atoms with E-state index in [1.54, 1.807) is 6.07 Å². The summed E-state index contributed by atoms with van der Waals surface area (Å²) in [5.74, 6) is -0.837. The first-order chi connectivity index (χ1) is 10.4. The van der Waals surface area contributed by atoms with Crippen molar-refractivity contribution in [3.05, 3.63) is 52.3 Å². The van der Waals surface area contributed by atoms with Crippen LogP contribution in [0.15, 0.2) is 40.9 Å². The average molecular weight is 372 g/mol. The number of alkyl halides is 3. The molecule has 0 spiro atoms. The van der Waals surface area contributed by atoms with Gasteiger partial charge in [-0.05, 0) is 29.8 Å². The Balaban J connectivity index is 1.83. The maximum absolute atomic E-state index is 12.8. The van der Waals surface area contributed by atoms with Crippen LogP contribution in [-0.2, 0) is 12.7 Å². The van der Waals surface area contributed by atoms with Gasteiger partial charge < -0.3 is 5.32 Å². The Hall–Kier alpha value is -2.16. The van der Waals surface area contributed by atoms with Gasteiger partial charge in [-0.3, -0.25) is 0 Å². The fourth-order valence-corrected chi connectivity index (χ4v) is 2.12. The Morgan fingerprint density at radius 1 is 1.05 bits per heavy atom. The number of benzene rings is 1. The molecule has 0 saturated heterocycles. The average Bonchev–Trinajstić information content (AvgIpc) is 2.90. The number of hydrogen-bond donors (Lipinski definition) is 1. The molecule has 0 amide bonds. The number of nitrogens with zero attached hydrogens (tertiary/aromatic N) is 4. The van der Waals surface area contributed by atoms with Gasteiger partial charge in [-0.2, -0.15) is 17.7 Å². The molecule has 0 fully saturated rings. The van der Waals surface area contributed by atoms with Gasteiger partial charge in [0.1, 0.15) is 5.82 Å². The van der Waals surface area contributed by atoms with Gasteiger partial charge in [0.25, 0.3) is 5.82 Å². The molecule has 9 heteroatoms. The highest BCUT2D eigenvalue weighted by Crippen LogP contribution is 2.27. The molecule has 0 radical (unpaired) electrons. The number of halogens is 4. The summed E-state index contributed by atoms with van der Waals surface area (Å²) in [6.45, 7) is 0.440. The van der Waals surface area contributed by atoms with Crippen LogP contribution in [0.5, 0.6) is 0 Å². The maximum atomic E-state index is 12.8. The van der Waals surface area contributed by atoms with Gasteiger partial charge in [0, 0.05) is 11.0 Å². The zero-order valence-corrected chi connectivity index (χ0v) is 12.6. The van der Waals surface area contributed by atoms with Gasteiger partial charge in [-0.1, -0.05) is 28.1 Å². The topological polar surface area (TPSA) is 55.1 Å². The first-order valence-electron chi connectivity index (χ1n) is 6.21. The van der Waals surface area contributed by atoms with Crippen molar-refractivity contribution in [1.29, 1.82) is 0 Å². The second-order valence-electron chi connectivity index (χ2n) is 4.49. The highest BCUT2D eigenvalue weighted by atomic mass is 79.9. The van der Waals surface area contributed by atoms with E-state index in [-0.39, 0.29) is 5.65 Å². The van der Waals surface area contributed by atoms with Crippen LogP contribution in [0.1, 0.15) is 11.4 Å². The van der Waals surface area contributed by atoms with Crippen molar-refractivity contribution in [2.45, 2.75) is 12.7 Å². The minimum atomic E-state index is -4.60. The minimum Gasteiger partial charge on any atom is -0.365 e. The number of fused-ring (bicyclic) bond motifs is 1. The predicted octanol–water partition coefficient (Wildman–Crippen LogP) is 3.52. The molecule has 0 saturated carbocycles. The molecule has 1 aromatic carbocycles. The van der Waals surface area contributed by atoms with E-state index in [9.17, 15) is 13.2 Å². The van der Waals surface area contributed by atoms with Crippen LogP contribution in [0.2, 0.25) is 0 Å². The molecule has 3 rings (SSSR count). The largest absolute Gasteiger partial charge is 0.453 e. The third-order valence-electron chi connectivity index (χ3n) is 2.90. The lowest BCUT2D eigenvalue weighted by Crippen LogP contribution is -2.13. The zero-order chi connectivity index (χ0) is 15.7. The third kappa shape index (κ3) is 3.03. The van der Waals surface area contributed by atoms with Crippen molar-refractivity contribution in [1.82, 2.24) is 19.8 Å². The number of nitrogens with one attached hydrogen (secondary N) is 1. The van der Waals surface area contributed by atoms with Crippen LogP contribution in [0.4, 0.5) is 19.0 Å². The Morgan fingerprint density at radius 2 is 1.77 bits per heavy atom. The summed E-state index contributed by atoms with van der Waals surface area (Å²) in [7, 11) is 0. The van der Waals surface area contributed by atoms with Crippen LogP contribution >= 0.6 is 15.9 Å². The van der Waals surface area contributed by atoms with Crippen LogP contribution in [0.25, 0.3) is 5.65 Å². The summed E-state index contributed by atoms with van der Waals surface area (Å²) in [6, 6.07) is 10.6. The fourth-order valence-electron chi connectivity index (χ4n) is 1.85. The molecule has 0 atom stereocenters. The summed E-state index contributed by atoms with van der Waals surface area (Å²) in [5, 5.41) is 13.4. The van der Waals surface area contributed by atoms with Crippen molar-refractivity contribution in [3.8, 4) is 0 Å². The Morgan fingerprint density at radius 3 is 2.45 bits per heavy atom. The Labute approximate surface area is 131 Å². The molecule has 0 aliphatic rings. The number of aromatic nitrogens is 4. The molecule has 1 N–H and O–H groups in total. The highest BCUT2D eigenvalue weighted by Gasteiger charge is 2.37. The lowest BCUT2D eigenvalue weighted by atomic mass is 10.2. The van der Waals surface area contributed by atoms with Crippen molar-refractivity contribution in [2.24, 2.45) is 0 Å². The summed E-state index contributed by atoms with van der Waals surface area (Å²) in [5.41, 5.74) is 1.02. The third-order valence-corrected chi connectivity index (χ3v) is 3.43. The van der Waals surface area contributed by atoms with Crippen LogP contribution in [0, 0.1) is 0 Å². The maximum Gasteiger partial charge on any atom is 0.453 e. The summed E-state index contributed by atoms with van der Waals surface area (Å²) in [4.78, 5) is 0. The molecule has 22 heavy (non-hydrogen) atoms. The monoisotopic (exact) mass is 371 g/mol. The van der Waals surface area contributed by atoms with Gasteiger partial charge >= 0.3 is 6.18 Å². The lowest BCUT2D eigenvalue weighted by Gasteiger charge is -2.07. The second-order valence-corrected chi connectivity index (χ2v) is 5.41. The van der Waals surface area contributed by atoms with E-state index in [4.69, 9.17) is 0 Å². The van der Waals surface area contributed by atoms with E-state index >= 15 is 0 Å². The zero-order valence-electron chi connectivity index (χ0n) is 11.0. The lowest BCUT2D eigenvalue weighted by molar-refractivity contribution is -0.146. The molecular formula is C13H9BrF3N5. The van der Waals surface area contributed by atoms with E-state index < -0.39 is 12.0 Å². The van der Waals surface area contributed by atoms with Crippen molar-refractivity contribution >= 4 is 27.4 Å². The van der Waals surface area contributed by atoms with E-state index in [2.05, 4.69) is 36.5 Å². The summed E-state index contributed by atoms with van der Waals surface area (Å²) in [6.07, 6.45) is -4.60. The first kappa shape index (κ1) is 14.8. The quantitative estimate of drug-likeness (QED) is 0.765. The smallest absolute Gasteiger partial charge is 0.365 e.